The summed E-state index contributed by atoms with van der Waals surface area (Å²) in [6.45, 7) is 0. The van der Waals surface area contributed by atoms with Crippen molar-refractivity contribution in [1.82, 2.24) is 10.4 Å². The maximum Gasteiger partial charge on any atom is 0.272 e. The molecule has 5 aromatic rings. The van der Waals surface area contributed by atoms with Gasteiger partial charge in [0.05, 0.1) is 17.3 Å². The number of carbonyl (C=O) groups excluding carboxylic acids is 1. The predicted octanol–water partition coefficient (Wildman–Crippen LogP) is 5.55. The van der Waals surface area contributed by atoms with Crippen molar-refractivity contribution in [1.29, 1.82) is 0 Å². The van der Waals surface area contributed by atoms with Crippen LogP contribution in [0.3, 0.4) is 0 Å². The largest absolute Gasteiger partial charge is 0.454 e. The molecule has 0 aliphatic rings. The maximum absolute atomic E-state index is 13.0. The number of furan rings is 1. The molecule has 0 saturated heterocycles. The molecule has 0 spiro atoms. The van der Waals surface area contributed by atoms with Crippen molar-refractivity contribution in [3.05, 3.63) is 102 Å². The Morgan fingerprint density at radius 1 is 0.968 bits per heavy atom. The van der Waals surface area contributed by atoms with Crippen LogP contribution in [0.1, 0.15) is 15.9 Å². The first-order valence-electron chi connectivity index (χ1n) is 9.65. The van der Waals surface area contributed by atoms with Gasteiger partial charge in [0.25, 0.3) is 5.91 Å². The van der Waals surface area contributed by atoms with Gasteiger partial charge in [-0.05, 0) is 42.0 Å². The standard InChI is InChI=1S/C25H16FN3O2/c26-18-11-9-16(10-12-18)15-27-29-25(30)20-14-22(28-21-7-3-2-6-19(20)21)24-13-17-5-1-4-8-23(17)31-24/h1-15H,(H,29,30)/b27-15+. The second-order valence-electron chi connectivity index (χ2n) is 6.97. The van der Waals surface area contributed by atoms with Crippen molar-refractivity contribution in [2.24, 2.45) is 5.10 Å². The molecule has 5 nitrogen and oxygen atoms in total. The van der Waals surface area contributed by atoms with Gasteiger partial charge in [-0.15, -0.1) is 0 Å². The number of hydrogen-bond acceptors (Lipinski definition) is 4. The number of fused-ring (bicyclic) bond motifs is 2. The van der Waals surface area contributed by atoms with E-state index in [4.69, 9.17) is 4.42 Å². The molecule has 1 N–H and O–H groups in total. The Morgan fingerprint density at radius 2 is 1.74 bits per heavy atom. The molecule has 0 bridgehead atoms. The van der Waals surface area contributed by atoms with Gasteiger partial charge in [0.1, 0.15) is 17.1 Å². The number of aromatic nitrogens is 1. The van der Waals surface area contributed by atoms with Gasteiger partial charge < -0.3 is 4.42 Å². The maximum atomic E-state index is 13.0. The topological polar surface area (TPSA) is 67.5 Å². The Bertz CT molecular complexity index is 1410. The van der Waals surface area contributed by atoms with Crippen molar-refractivity contribution >= 4 is 34.0 Å². The van der Waals surface area contributed by atoms with Crippen LogP contribution in [-0.4, -0.2) is 17.1 Å². The first-order chi connectivity index (χ1) is 15.2. The zero-order valence-electron chi connectivity index (χ0n) is 16.2. The number of nitrogens with zero attached hydrogens (tertiary/aromatic N) is 2. The molecule has 150 valence electrons. The summed E-state index contributed by atoms with van der Waals surface area (Å²) < 4.78 is 19.0. The van der Waals surface area contributed by atoms with Crippen LogP contribution >= 0.6 is 0 Å². The summed E-state index contributed by atoms with van der Waals surface area (Å²) in [7, 11) is 0. The minimum absolute atomic E-state index is 0.331. The second-order valence-corrected chi connectivity index (χ2v) is 6.97. The normalized spacial score (nSPS) is 11.4. The smallest absolute Gasteiger partial charge is 0.272 e. The molecule has 31 heavy (non-hydrogen) atoms. The number of amides is 1. The van der Waals surface area contributed by atoms with E-state index in [0.717, 1.165) is 11.0 Å². The third-order valence-corrected chi connectivity index (χ3v) is 4.89. The molecule has 3 aromatic carbocycles. The van der Waals surface area contributed by atoms with Crippen molar-refractivity contribution < 1.29 is 13.6 Å². The van der Waals surface area contributed by atoms with E-state index in [1.165, 1.54) is 18.3 Å². The summed E-state index contributed by atoms with van der Waals surface area (Å²) in [5.41, 5.74) is 5.62. The fraction of sp³-hybridized carbons (Fsp3) is 0. The lowest BCUT2D eigenvalue weighted by molar-refractivity contribution is 0.0956. The molecule has 5 rings (SSSR count). The van der Waals surface area contributed by atoms with Crippen LogP contribution in [0.15, 0.2) is 94.4 Å². The van der Waals surface area contributed by atoms with Crippen LogP contribution in [-0.2, 0) is 0 Å². The summed E-state index contributed by atoms with van der Waals surface area (Å²) >= 11 is 0. The Morgan fingerprint density at radius 3 is 2.58 bits per heavy atom. The highest BCUT2D eigenvalue weighted by Crippen LogP contribution is 2.29. The Kier molecular flexibility index (Phi) is 4.72. The Labute approximate surface area is 176 Å². The summed E-state index contributed by atoms with van der Waals surface area (Å²) in [6, 6.07) is 24.5. The lowest BCUT2D eigenvalue weighted by Gasteiger charge is -2.07. The number of halogens is 1. The van der Waals surface area contributed by atoms with E-state index < -0.39 is 0 Å². The minimum atomic E-state index is -0.380. The van der Waals surface area contributed by atoms with Crippen LogP contribution in [0.2, 0.25) is 0 Å². The number of benzene rings is 3. The van der Waals surface area contributed by atoms with Crippen molar-refractivity contribution in [2.75, 3.05) is 0 Å². The van der Waals surface area contributed by atoms with E-state index in [-0.39, 0.29) is 11.7 Å². The quantitative estimate of drug-likeness (QED) is 0.313. The third kappa shape index (κ3) is 3.79. The van der Waals surface area contributed by atoms with E-state index in [1.807, 2.05) is 54.6 Å². The molecule has 0 saturated carbocycles. The van der Waals surface area contributed by atoms with E-state index >= 15 is 0 Å². The van der Waals surface area contributed by atoms with Gasteiger partial charge >= 0.3 is 0 Å². The monoisotopic (exact) mass is 409 g/mol. The van der Waals surface area contributed by atoms with Crippen LogP contribution in [0.4, 0.5) is 4.39 Å². The van der Waals surface area contributed by atoms with Crippen LogP contribution < -0.4 is 5.43 Å². The number of pyridine rings is 1. The summed E-state index contributed by atoms with van der Waals surface area (Å²) in [6.07, 6.45) is 1.46. The van der Waals surface area contributed by atoms with Gasteiger partial charge in [0.15, 0.2) is 5.76 Å². The Balaban J connectivity index is 1.51. The van der Waals surface area contributed by atoms with Gasteiger partial charge in [-0.2, -0.15) is 5.10 Å². The number of para-hydroxylation sites is 2. The summed E-state index contributed by atoms with van der Waals surface area (Å²) in [5, 5.41) is 5.67. The highest BCUT2D eigenvalue weighted by molar-refractivity contribution is 6.07. The van der Waals surface area contributed by atoms with Crippen LogP contribution in [0.25, 0.3) is 33.3 Å². The van der Waals surface area contributed by atoms with E-state index in [9.17, 15) is 9.18 Å². The average molecular weight is 409 g/mol. The molecule has 6 heteroatoms. The van der Waals surface area contributed by atoms with E-state index in [0.29, 0.717) is 33.5 Å². The molecule has 0 fully saturated rings. The first kappa shape index (κ1) is 18.7. The Hall–Kier alpha value is -4.32. The molecule has 0 unspecified atom stereocenters. The van der Waals surface area contributed by atoms with Gasteiger partial charge in [-0.3, -0.25) is 4.79 Å². The van der Waals surface area contributed by atoms with Gasteiger partial charge in [0, 0.05) is 10.8 Å². The second kappa shape index (κ2) is 7.84. The highest BCUT2D eigenvalue weighted by Gasteiger charge is 2.15. The highest BCUT2D eigenvalue weighted by atomic mass is 19.1. The molecule has 0 atom stereocenters. The van der Waals surface area contributed by atoms with Gasteiger partial charge in [0.2, 0.25) is 0 Å². The van der Waals surface area contributed by atoms with Crippen molar-refractivity contribution in [2.45, 2.75) is 0 Å². The lowest BCUT2D eigenvalue weighted by atomic mass is 10.1. The third-order valence-electron chi connectivity index (χ3n) is 4.89. The molecule has 2 heterocycles. The molecule has 0 radical (unpaired) electrons. The predicted molar refractivity (Wildman–Crippen MR) is 118 cm³/mol. The summed E-state index contributed by atoms with van der Waals surface area (Å²) in [4.78, 5) is 17.6. The SMILES string of the molecule is O=C(N/N=C/c1ccc(F)cc1)c1cc(-c2cc3ccccc3o2)nc2ccccc12. The van der Waals surface area contributed by atoms with Gasteiger partial charge in [-0.25, -0.2) is 14.8 Å². The molecule has 0 aliphatic carbocycles. The minimum Gasteiger partial charge on any atom is -0.454 e. The molecular weight excluding hydrogens is 393 g/mol. The zero-order chi connectivity index (χ0) is 21.2. The molecular formula is C25H16FN3O2. The number of nitrogens with one attached hydrogen (secondary N) is 1. The summed E-state index contributed by atoms with van der Waals surface area (Å²) in [5.74, 6) is -0.132. The number of hydrogen-bond donors (Lipinski definition) is 1. The number of carbonyl (C=O) groups is 1. The number of rotatable bonds is 4. The fourth-order valence-electron chi connectivity index (χ4n) is 3.37. The average Bonchev–Trinajstić information content (AvgIpc) is 3.24. The lowest BCUT2D eigenvalue weighted by Crippen LogP contribution is -2.18. The van der Waals surface area contributed by atoms with Crippen molar-refractivity contribution in [3.63, 3.8) is 0 Å². The number of hydrazone groups is 1. The molecule has 2 aromatic heterocycles. The van der Waals surface area contributed by atoms with Crippen LogP contribution in [0, 0.1) is 5.82 Å². The van der Waals surface area contributed by atoms with E-state index in [2.05, 4.69) is 15.5 Å². The molecule has 0 aliphatic heterocycles. The first-order valence-corrected chi connectivity index (χ1v) is 9.65. The van der Waals surface area contributed by atoms with Gasteiger partial charge in [-0.1, -0.05) is 48.5 Å². The zero-order valence-corrected chi connectivity index (χ0v) is 16.2. The molecule has 1 amide bonds. The van der Waals surface area contributed by atoms with E-state index in [1.54, 1.807) is 18.2 Å². The van der Waals surface area contributed by atoms with Crippen LogP contribution in [0.5, 0.6) is 0 Å². The fourth-order valence-corrected chi connectivity index (χ4v) is 3.37. The van der Waals surface area contributed by atoms with Crippen molar-refractivity contribution in [3.8, 4) is 11.5 Å².